The molecule has 0 unspecified atom stereocenters. The molecule has 2 heterocycles. The van der Waals surface area contributed by atoms with Crippen molar-refractivity contribution >= 4 is 46.6 Å². The predicted molar refractivity (Wildman–Crippen MR) is 94.2 cm³/mol. The normalized spacial score (nSPS) is 15.4. The van der Waals surface area contributed by atoms with Crippen LogP contribution in [0.2, 0.25) is 15.1 Å². The second-order valence-corrected chi connectivity index (χ2v) is 5.90. The Morgan fingerprint density at radius 1 is 1.13 bits per heavy atom. The molecule has 0 saturated heterocycles. The molecule has 0 atom stereocenters. The van der Waals surface area contributed by atoms with E-state index in [4.69, 9.17) is 34.8 Å². The van der Waals surface area contributed by atoms with Gasteiger partial charge in [-0.2, -0.15) is 0 Å². The van der Waals surface area contributed by atoms with Crippen molar-refractivity contribution in [3.63, 3.8) is 0 Å². The molecule has 1 aliphatic heterocycles. The summed E-state index contributed by atoms with van der Waals surface area (Å²) in [7, 11) is 0. The van der Waals surface area contributed by atoms with E-state index in [9.17, 15) is 5.11 Å². The van der Waals surface area contributed by atoms with Crippen molar-refractivity contribution in [3.05, 3.63) is 74.9 Å². The van der Waals surface area contributed by atoms with Gasteiger partial charge in [0.15, 0.2) is 0 Å². The maximum atomic E-state index is 9.88. The van der Waals surface area contributed by atoms with Crippen molar-refractivity contribution in [2.75, 3.05) is 0 Å². The number of nitrogens with one attached hydrogen (secondary N) is 1. The van der Waals surface area contributed by atoms with E-state index >= 15 is 0 Å². The van der Waals surface area contributed by atoms with Gasteiger partial charge >= 0.3 is 0 Å². The Balaban J connectivity index is 2.12. The van der Waals surface area contributed by atoms with Crippen LogP contribution in [0.5, 0.6) is 5.75 Å². The third kappa shape index (κ3) is 3.34. The van der Waals surface area contributed by atoms with Crippen LogP contribution in [-0.4, -0.2) is 15.8 Å². The van der Waals surface area contributed by atoms with E-state index in [1.165, 1.54) is 0 Å². The largest absolute Gasteiger partial charge is 0.506 e. The zero-order valence-corrected chi connectivity index (χ0v) is 13.9. The summed E-state index contributed by atoms with van der Waals surface area (Å²) >= 11 is 18.5. The molecule has 0 saturated carbocycles. The first-order valence-corrected chi connectivity index (χ1v) is 7.70. The highest BCUT2D eigenvalue weighted by atomic mass is 35.5. The van der Waals surface area contributed by atoms with Crippen LogP contribution in [-0.2, 0) is 0 Å². The SMILES string of the molecule is Oc1cccnc1C=C1NC=CN=C1c1c(Cl)cc(Cl)cc1Cl. The van der Waals surface area contributed by atoms with E-state index in [1.807, 2.05) is 0 Å². The van der Waals surface area contributed by atoms with Crippen LogP contribution in [0.3, 0.4) is 0 Å². The molecule has 2 aromatic rings. The fraction of sp³-hybridized carbons (Fsp3) is 0. The van der Waals surface area contributed by atoms with Gasteiger partial charge in [-0.25, -0.2) is 0 Å². The summed E-state index contributed by atoms with van der Waals surface area (Å²) < 4.78 is 0. The van der Waals surface area contributed by atoms with Crippen LogP contribution in [0.25, 0.3) is 6.08 Å². The average Bonchev–Trinajstić information content (AvgIpc) is 2.50. The Morgan fingerprint density at radius 3 is 2.57 bits per heavy atom. The number of aromatic nitrogens is 1. The number of aromatic hydroxyl groups is 1. The summed E-state index contributed by atoms with van der Waals surface area (Å²) in [5.41, 5.74) is 2.09. The van der Waals surface area contributed by atoms with Crippen molar-refractivity contribution in [3.8, 4) is 5.75 Å². The monoisotopic (exact) mass is 365 g/mol. The second kappa shape index (κ2) is 6.62. The molecule has 0 aliphatic carbocycles. The number of pyridine rings is 1. The second-order valence-electron chi connectivity index (χ2n) is 4.65. The lowest BCUT2D eigenvalue weighted by Crippen LogP contribution is -2.20. The predicted octanol–water partition coefficient (Wildman–Crippen LogP) is 4.65. The lowest BCUT2D eigenvalue weighted by atomic mass is 10.0. The van der Waals surface area contributed by atoms with Gasteiger partial charge in [0.1, 0.15) is 11.4 Å². The van der Waals surface area contributed by atoms with E-state index < -0.39 is 0 Å². The third-order valence-electron chi connectivity index (χ3n) is 3.11. The Bertz CT molecular complexity index is 836. The van der Waals surface area contributed by atoms with Crippen molar-refractivity contribution in [2.24, 2.45) is 4.99 Å². The maximum Gasteiger partial charge on any atom is 0.141 e. The number of aliphatic imine (C=N–C) groups is 1. The van der Waals surface area contributed by atoms with Crippen molar-refractivity contribution < 1.29 is 5.11 Å². The van der Waals surface area contributed by atoms with Crippen molar-refractivity contribution in [1.29, 1.82) is 0 Å². The summed E-state index contributed by atoms with van der Waals surface area (Å²) in [6, 6.07) is 6.40. The molecule has 0 amide bonds. The fourth-order valence-corrected chi connectivity index (χ4v) is 3.11. The highest BCUT2D eigenvalue weighted by Crippen LogP contribution is 2.32. The van der Waals surface area contributed by atoms with Gasteiger partial charge in [-0.05, 0) is 30.3 Å². The van der Waals surface area contributed by atoms with Crippen LogP contribution in [0, 0.1) is 0 Å². The highest BCUT2D eigenvalue weighted by molar-refractivity contribution is 6.43. The van der Waals surface area contributed by atoms with Crippen molar-refractivity contribution in [1.82, 2.24) is 10.3 Å². The minimum atomic E-state index is 0.0593. The molecule has 2 N–H and O–H groups in total. The molecular weight excluding hydrogens is 357 g/mol. The first-order valence-electron chi connectivity index (χ1n) is 6.56. The minimum Gasteiger partial charge on any atom is -0.506 e. The Hall–Kier alpha value is -2.01. The van der Waals surface area contributed by atoms with E-state index in [1.54, 1.807) is 48.9 Å². The first-order chi connectivity index (χ1) is 11.1. The molecule has 0 radical (unpaired) electrons. The number of hydrogen-bond acceptors (Lipinski definition) is 4. The molecule has 1 aliphatic rings. The zero-order valence-electron chi connectivity index (χ0n) is 11.6. The Morgan fingerprint density at radius 2 is 1.87 bits per heavy atom. The smallest absolute Gasteiger partial charge is 0.141 e. The zero-order chi connectivity index (χ0) is 16.4. The summed E-state index contributed by atoms with van der Waals surface area (Å²) in [4.78, 5) is 8.47. The summed E-state index contributed by atoms with van der Waals surface area (Å²) in [6.07, 6.45) is 6.50. The summed E-state index contributed by atoms with van der Waals surface area (Å²) in [5, 5.41) is 14.2. The van der Waals surface area contributed by atoms with Crippen LogP contribution >= 0.6 is 34.8 Å². The molecule has 7 heteroatoms. The maximum absolute atomic E-state index is 9.88. The van der Waals surface area contributed by atoms with Crippen LogP contribution in [0.4, 0.5) is 0 Å². The first kappa shape index (κ1) is 15.9. The Labute approximate surface area is 147 Å². The summed E-state index contributed by atoms with van der Waals surface area (Å²) in [6.45, 7) is 0. The number of allylic oxidation sites excluding steroid dienone is 1. The van der Waals surface area contributed by atoms with Gasteiger partial charge in [-0.1, -0.05) is 34.8 Å². The molecule has 4 nitrogen and oxygen atoms in total. The van der Waals surface area contributed by atoms with Gasteiger partial charge in [-0.15, -0.1) is 0 Å². The fourth-order valence-electron chi connectivity index (χ4n) is 2.11. The molecule has 116 valence electrons. The number of halogens is 3. The molecule has 0 fully saturated rings. The number of nitrogens with zero attached hydrogens (tertiary/aromatic N) is 2. The van der Waals surface area contributed by atoms with Crippen LogP contribution in [0.1, 0.15) is 11.3 Å². The quantitative estimate of drug-likeness (QED) is 0.813. The number of hydrogen-bond donors (Lipinski definition) is 2. The standard InChI is InChI=1S/C16H10Cl3N3O/c17-9-6-10(18)15(11(19)7-9)16-13(21-4-5-22-16)8-12-14(23)2-1-3-20-12/h1-8,21,23H. The highest BCUT2D eigenvalue weighted by Gasteiger charge is 2.19. The van der Waals surface area contributed by atoms with E-state index in [0.29, 0.717) is 37.7 Å². The average molecular weight is 367 g/mol. The van der Waals surface area contributed by atoms with Crippen molar-refractivity contribution in [2.45, 2.75) is 0 Å². The lowest BCUT2D eigenvalue weighted by Gasteiger charge is -2.17. The van der Waals surface area contributed by atoms with Gasteiger partial charge in [-0.3, -0.25) is 9.98 Å². The number of rotatable bonds is 2. The number of benzene rings is 1. The molecular formula is C16H10Cl3N3O. The molecule has 0 spiro atoms. The molecule has 0 bridgehead atoms. The van der Waals surface area contributed by atoms with E-state index in [2.05, 4.69) is 15.3 Å². The lowest BCUT2D eigenvalue weighted by molar-refractivity contribution is 0.471. The molecule has 1 aromatic carbocycles. The summed E-state index contributed by atoms with van der Waals surface area (Å²) in [5.74, 6) is 0.0593. The van der Waals surface area contributed by atoms with Gasteiger partial charge in [0.05, 0.1) is 21.5 Å². The third-order valence-corrected chi connectivity index (χ3v) is 3.93. The van der Waals surface area contributed by atoms with Crippen LogP contribution in [0.15, 0.2) is 53.6 Å². The molecule has 1 aromatic heterocycles. The van der Waals surface area contributed by atoms with Gasteiger partial charge in [0.25, 0.3) is 0 Å². The topological polar surface area (TPSA) is 57.5 Å². The van der Waals surface area contributed by atoms with E-state index in [-0.39, 0.29) is 5.75 Å². The van der Waals surface area contributed by atoms with Gasteiger partial charge in [0, 0.05) is 29.2 Å². The van der Waals surface area contributed by atoms with Gasteiger partial charge in [0.2, 0.25) is 0 Å². The molecule has 3 rings (SSSR count). The van der Waals surface area contributed by atoms with Gasteiger partial charge < -0.3 is 10.4 Å². The molecule has 23 heavy (non-hydrogen) atoms. The van der Waals surface area contributed by atoms with E-state index in [0.717, 1.165) is 0 Å². The minimum absolute atomic E-state index is 0.0593. The Kier molecular flexibility index (Phi) is 4.57. The van der Waals surface area contributed by atoms with Crippen LogP contribution < -0.4 is 5.32 Å².